The number of amidine groups is 1. The summed E-state index contributed by atoms with van der Waals surface area (Å²) < 4.78 is 55.3. The highest BCUT2D eigenvalue weighted by molar-refractivity contribution is 6.10. The van der Waals surface area contributed by atoms with Gasteiger partial charge in [-0.15, -0.1) is 0 Å². The van der Waals surface area contributed by atoms with Crippen molar-refractivity contribution in [3.8, 4) is 11.3 Å². The van der Waals surface area contributed by atoms with Gasteiger partial charge in [0.2, 0.25) is 0 Å². The van der Waals surface area contributed by atoms with Gasteiger partial charge in [-0.2, -0.15) is 4.99 Å². The molecule has 1 amide bonds. The predicted octanol–water partition coefficient (Wildman–Crippen LogP) is 3.62. The number of rotatable bonds is 4. The molecule has 0 saturated carbocycles. The van der Waals surface area contributed by atoms with Crippen molar-refractivity contribution >= 4 is 23.2 Å². The molecule has 1 aromatic heterocycles. The average molecular weight is 501 g/mol. The normalized spacial score (nSPS) is 15.7. The molecular formula is C25H24F4N6O. The molecule has 0 bridgehead atoms. The second-order valence-corrected chi connectivity index (χ2v) is 9.05. The third kappa shape index (κ3) is 5.01. The fourth-order valence-electron chi connectivity index (χ4n) is 4.04. The van der Waals surface area contributed by atoms with Crippen LogP contribution in [0.1, 0.15) is 29.8 Å². The summed E-state index contributed by atoms with van der Waals surface area (Å²) in [4.78, 5) is 22.5. The van der Waals surface area contributed by atoms with E-state index in [0.29, 0.717) is 5.56 Å². The minimum Gasteiger partial charge on any atom is -0.383 e. The lowest BCUT2D eigenvalue weighted by Gasteiger charge is -2.40. The molecule has 4 rings (SSSR count). The number of benzene rings is 2. The molecule has 1 aliphatic rings. The van der Waals surface area contributed by atoms with Gasteiger partial charge in [-0.25, -0.2) is 22.5 Å². The first kappa shape index (κ1) is 25.1. The number of carbonyl (C=O) groups is 1. The smallest absolute Gasteiger partial charge is 0.278 e. The summed E-state index contributed by atoms with van der Waals surface area (Å²) >= 11 is 0. The molecule has 0 atom stereocenters. The van der Waals surface area contributed by atoms with Crippen LogP contribution in [0.2, 0.25) is 0 Å². The van der Waals surface area contributed by atoms with Crippen molar-refractivity contribution in [3.63, 3.8) is 0 Å². The molecule has 1 saturated heterocycles. The van der Waals surface area contributed by atoms with Crippen LogP contribution in [0.25, 0.3) is 11.3 Å². The Balaban J connectivity index is 1.55. The Morgan fingerprint density at radius 3 is 2.28 bits per heavy atom. The molecule has 0 radical (unpaired) electrons. The number of halogens is 4. The van der Waals surface area contributed by atoms with Crippen LogP contribution < -0.4 is 21.7 Å². The standard InChI is InChI=1S/C25H24F4N6O/c1-25(2)12-35(10-9-32-25)14-5-3-13(4-6-14)24(36)34-23(31)15-7-8-18(33-22(15)30)19-20(28)16(26)11-17(27)21(19)29/h3-8,11,32H,9-10,12H2,1-2H3,(H2,30,33)(H2,31,34,36). The van der Waals surface area contributed by atoms with Gasteiger partial charge in [0.05, 0.1) is 16.8 Å². The van der Waals surface area contributed by atoms with Gasteiger partial charge in [-0.05, 0) is 50.2 Å². The number of nitrogen functional groups attached to an aromatic ring is 1. The van der Waals surface area contributed by atoms with E-state index in [1.165, 1.54) is 6.07 Å². The molecule has 188 valence electrons. The number of pyridine rings is 1. The zero-order chi connectivity index (χ0) is 26.2. The Kier molecular flexibility index (Phi) is 6.68. The van der Waals surface area contributed by atoms with Crippen molar-refractivity contribution in [3.05, 3.63) is 76.9 Å². The van der Waals surface area contributed by atoms with Crippen molar-refractivity contribution in [2.45, 2.75) is 19.4 Å². The highest BCUT2D eigenvalue weighted by atomic mass is 19.2. The van der Waals surface area contributed by atoms with Crippen LogP contribution in [0.3, 0.4) is 0 Å². The first-order chi connectivity index (χ1) is 17.0. The zero-order valence-electron chi connectivity index (χ0n) is 19.6. The van der Waals surface area contributed by atoms with Gasteiger partial charge in [0.1, 0.15) is 11.7 Å². The van der Waals surface area contributed by atoms with E-state index in [0.717, 1.165) is 31.4 Å². The highest BCUT2D eigenvalue weighted by Gasteiger charge is 2.26. The first-order valence-corrected chi connectivity index (χ1v) is 11.1. The van der Waals surface area contributed by atoms with Gasteiger partial charge in [0, 0.05) is 42.5 Å². The van der Waals surface area contributed by atoms with Crippen LogP contribution in [0.15, 0.2) is 47.5 Å². The zero-order valence-corrected chi connectivity index (χ0v) is 19.6. The number of anilines is 2. The molecule has 0 spiro atoms. The maximum absolute atomic E-state index is 14.1. The van der Waals surface area contributed by atoms with Crippen molar-refractivity contribution < 1.29 is 22.4 Å². The van der Waals surface area contributed by atoms with E-state index in [1.54, 1.807) is 12.1 Å². The predicted molar refractivity (Wildman–Crippen MR) is 130 cm³/mol. The molecule has 36 heavy (non-hydrogen) atoms. The molecular weight excluding hydrogens is 476 g/mol. The molecule has 0 unspecified atom stereocenters. The number of hydrogen-bond acceptors (Lipinski definition) is 5. The minimum atomic E-state index is -1.61. The van der Waals surface area contributed by atoms with Crippen molar-refractivity contribution in [1.29, 1.82) is 0 Å². The van der Waals surface area contributed by atoms with Crippen LogP contribution in [0, 0.1) is 23.3 Å². The SMILES string of the molecule is CC1(C)CN(c2ccc(C(=O)N=C(N)c3ccc(-c4c(F)c(F)cc(F)c4F)nc3N)cc2)CCN1. The Bertz CT molecular complexity index is 1330. The topological polar surface area (TPSA) is 110 Å². The summed E-state index contributed by atoms with van der Waals surface area (Å²) in [5, 5.41) is 3.44. The summed E-state index contributed by atoms with van der Waals surface area (Å²) in [5.74, 6) is -7.63. The van der Waals surface area contributed by atoms with Gasteiger partial charge in [-0.1, -0.05) is 0 Å². The Morgan fingerprint density at radius 1 is 1.06 bits per heavy atom. The second-order valence-electron chi connectivity index (χ2n) is 9.05. The van der Waals surface area contributed by atoms with E-state index in [2.05, 4.69) is 34.0 Å². The molecule has 2 heterocycles. The summed E-state index contributed by atoms with van der Waals surface area (Å²) in [6.45, 7) is 6.72. The lowest BCUT2D eigenvalue weighted by molar-refractivity contribution is 0.100. The van der Waals surface area contributed by atoms with E-state index in [-0.39, 0.29) is 28.8 Å². The summed E-state index contributed by atoms with van der Waals surface area (Å²) in [7, 11) is 0. The van der Waals surface area contributed by atoms with Gasteiger partial charge in [-0.3, -0.25) is 4.79 Å². The maximum Gasteiger partial charge on any atom is 0.278 e. The molecule has 11 heteroatoms. The van der Waals surface area contributed by atoms with Crippen molar-refractivity contribution in [1.82, 2.24) is 10.3 Å². The minimum absolute atomic E-state index is 0.0180. The summed E-state index contributed by atoms with van der Waals surface area (Å²) in [6.07, 6.45) is 0. The van der Waals surface area contributed by atoms with Crippen LogP contribution >= 0.6 is 0 Å². The largest absolute Gasteiger partial charge is 0.383 e. The van der Waals surface area contributed by atoms with Gasteiger partial charge < -0.3 is 21.7 Å². The number of piperazine rings is 1. The van der Waals surface area contributed by atoms with Crippen LogP contribution in [0.4, 0.5) is 29.1 Å². The Labute approximate surface area is 204 Å². The van der Waals surface area contributed by atoms with Gasteiger partial charge >= 0.3 is 0 Å². The van der Waals surface area contributed by atoms with Crippen LogP contribution in [-0.4, -0.2) is 41.9 Å². The third-order valence-corrected chi connectivity index (χ3v) is 5.84. The fourth-order valence-corrected chi connectivity index (χ4v) is 4.04. The number of hydrogen-bond donors (Lipinski definition) is 3. The highest BCUT2D eigenvalue weighted by Crippen LogP contribution is 2.29. The molecule has 1 fully saturated rings. The monoisotopic (exact) mass is 500 g/mol. The number of nitrogens with two attached hydrogens (primary N) is 2. The summed E-state index contributed by atoms with van der Waals surface area (Å²) in [6, 6.07) is 9.30. The quantitative estimate of drug-likeness (QED) is 0.219. The number of aromatic nitrogens is 1. The van der Waals surface area contributed by atoms with E-state index in [1.807, 2.05) is 12.1 Å². The number of nitrogens with one attached hydrogen (secondary N) is 1. The van der Waals surface area contributed by atoms with Crippen LogP contribution in [0.5, 0.6) is 0 Å². The molecule has 7 nitrogen and oxygen atoms in total. The first-order valence-electron chi connectivity index (χ1n) is 11.1. The number of amides is 1. The van der Waals surface area contributed by atoms with Gasteiger partial charge in [0.25, 0.3) is 5.91 Å². The molecule has 2 aromatic carbocycles. The van der Waals surface area contributed by atoms with Crippen LogP contribution in [-0.2, 0) is 0 Å². The second kappa shape index (κ2) is 9.57. The average Bonchev–Trinajstić information content (AvgIpc) is 2.82. The molecule has 3 aromatic rings. The Morgan fingerprint density at radius 2 is 1.69 bits per heavy atom. The van der Waals surface area contributed by atoms with E-state index < -0.39 is 40.4 Å². The number of nitrogens with zero attached hydrogens (tertiary/aromatic N) is 3. The van der Waals surface area contributed by atoms with E-state index in [4.69, 9.17) is 11.5 Å². The fraction of sp³-hybridized carbons (Fsp3) is 0.240. The maximum atomic E-state index is 14.1. The third-order valence-electron chi connectivity index (χ3n) is 5.84. The molecule has 5 N–H and O–H groups in total. The van der Waals surface area contributed by atoms with Crippen molar-refractivity contribution in [2.75, 3.05) is 30.3 Å². The van der Waals surface area contributed by atoms with Crippen molar-refractivity contribution in [2.24, 2.45) is 10.7 Å². The summed E-state index contributed by atoms with van der Waals surface area (Å²) in [5.41, 5.74) is 11.6. The lowest BCUT2D eigenvalue weighted by Crippen LogP contribution is -2.57. The number of aliphatic imine (C=N–C) groups is 1. The number of carbonyl (C=O) groups excluding carboxylic acids is 1. The van der Waals surface area contributed by atoms with Gasteiger partial charge in [0.15, 0.2) is 23.3 Å². The van der Waals surface area contributed by atoms with E-state index in [9.17, 15) is 22.4 Å². The Hall–Kier alpha value is -3.99. The van der Waals surface area contributed by atoms with E-state index >= 15 is 0 Å². The molecule has 0 aliphatic carbocycles. The lowest BCUT2D eigenvalue weighted by atomic mass is 10.0. The molecule has 1 aliphatic heterocycles.